The minimum Gasteiger partial charge on any atom is -1.00 e. The lowest BCUT2D eigenvalue weighted by atomic mass is 9.99. The molecule has 0 radical (unpaired) electrons. The van der Waals surface area contributed by atoms with Gasteiger partial charge in [-0.2, -0.15) is 4.57 Å². The second-order valence-corrected chi connectivity index (χ2v) is 13.0. The van der Waals surface area contributed by atoms with E-state index in [1.165, 1.54) is 11.3 Å². The molecular formula is C36H45IN4O5S. The average molecular weight is 773 g/mol. The summed E-state index contributed by atoms with van der Waals surface area (Å²) in [6.07, 6.45) is -1.24. The van der Waals surface area contributed by atoms with Gasteiger partial charge in [0.2, 0.25) is 17.3 Å². The van der Waals surface area contributed by atoms with Crippen molar-refractivity contribution in [3.63, 3.8) is 0 Å². The molecule has 1 heterocycles. The van der Waals surface area contributed by atoms with Crippen molar-refractivity contribution in [1.29, 1.82) is 0 Å². The number of aromatic nitrogens is 1. The van der Waals surface area contributed by atoms with E-state index < -0.39 is 35.8 Å². The Bertz CT molecular complexity index is 1620. The van der Waals surface area contributed by atoms with Crippen LogP contribution in [0.5, 0.6) is 0 Å². The highest BCUT2D eigenvalue weighted by Crippen LogP contribution is 2.24. The maximum atomic E-state index is 14.0. The van der Waals surface area contributed by atoms with Crippen molar-refractivity contribution >= 4 is 40.0 Å². The monoisotopic (exact) mass is 772 g/mol. The smallest absolute Gasteiger partial charge is 0.408 e. The Labute approximate surface area is 298 Å². The topological polar surface area (TPSA) is 110 Å². The zero-order valence-electron chi connectivity index (χ0n) is 27.8. The third-order valence-corrected chi connectivity index (χ3v) is 8.36. The number of alkyl carbamates (subject to hydrolysis) is 1. The summed E-state index contributed by atoms with van der Waals surface area (Å²) in [6, 6.07) is 21.2. The Morgan fingerprint density at radius 1 is 0.872 bits per heavy atom. The van der Waals surface area contributed by atoms with Crippen molar-refractivity contribution < 1.29 is 52.4 Å². The lowest BCUT2D eigenvalue weighted by molar-refractivity contribution is -0.696. The van der Waals surface area contributed by atoms with Crippen LogP contribution in [0.2, 0.25) is 0 Å². The highest BCUT2D eigenvalue weighted by molar-refractivity contribution is 7.07. The fraction of sp³-hybridized carbons (Fsp3) is 0.389. The molecule has 1 aromatic heterocycles. The van der Waals surface area contributed by atoms with Gasteiger partial charge in [0.15, 0.2) is 5.69 Å². The van der Waals surface area contributed by atoms with E-state index in [1.807, 2.05) is 102 Å². The van der Waals surface area contributed by atoms with Crippen LogP contribution in [0.3, 0.4) is 0 Å². The third kappa shape index (κ3) is 11.0. The summed E-state index contributed by atoms with van der Waals surface area (Å²) in [5.74, 6) is -0.890. The van der Waals surface area contributed by atoms with Gasteiger partial charge >= 0.3 is 6.09 Å². The van der Waals surface area contributed by atoms with Crippen LogP contribution in [0.25, 0.3) is 10.8 Å². The summed E-state index contributed by atoms with van der Waals surface area (Å²) in [5.41, 5.74) is 4.02. The minimum absolute atomic E-state index is 0. The van der Waals surface area contributed by atoms with Crippen LogP contribution in [-0.2, 0) is 38.6 Å². The van der Waals surface area contributed by atoms with Gasteiger partial charge in [0.05, 0.1) is 30.6 Å². The van der Waals surface area contributed by atoms with Gasteiger partial charge in [0.1, 0.15) is 24.2 Å². The molecule has 4 atom stereocenters. The van der Waals surface area contributed by atoms with Crippen molar-refractivity contribution in [2.75, 3.05) is 0 Å². The number of hydrogen-bond donors (Lipinski definition) is 3. The average Bonchev–Trinajstić information content (AvgIpc) is 3.48. The molecule has 47 heavy (non-hydrogen) atoms. The van der Waals surface area contributed by atoms with E-state index in [1.54, 1.807) is 27.7 Å². The van der Waals surface area contributed by atoms with E-state index in [0.29, 0.717) is 0 Å². The third-order valence-electron chi connectivity index (χ3n) is 7.58. The number of nitrogens with one attached hydrogen (secondary N) is 3. The Kier molecular flexibility index (Phi) is 14.2. The number of carbonyl (C=O) groups is 3. The van der Waals surface area contributed by atoms with Crippen molar-refractivity contribution in [1.82, 2.24) is 16.0 Å². The second-order valence-electron chi connectivity index (χ2n) is 12.3. The molecule has 0 aliphatic heterocycles. The van der Waals surface area contributed by atoms with Crippen LogP contribution in [0, 0.1) is 0 Å². The zero-order chi connectivity index (χ0) is 33.3. The molecule has 4 aromatic rings. The van der Waals surface area contributed by atoms with Gasteiger partial charge in [-0.15, -0.1) is 0 Å². The van der Waals surface area contributed by atoms with Gasteiger partial charge in [0.25, 0.3) is 0 Å². The number of aryl methyl sites for hydroxylation is 1. The minimum atomic E-state index is -1.13. The maximum Gasteiger partial charge on any atom is 0.408 e. The van der Waals surface area contributed by atoms with Gasteiger partial charge in [-0.1, -0.05) is 84.1 Å². The molecule has 3 N–H and O–H groups in total. The zero-order valence-corrected chi connectivity index (χ0v) is 30.8. The molecule has 3 aromatic carbocycles. The Morgan fingerprint density at radius 3 is 2.26 bits per heavy atom. The molecular weight excluding hydrogens is 727 g/mol. The Morgan fingerprint density at radius 2 is 1.55 bits per heavy atom. The van der Waals surface area contributed by atoms with E-state index in [0.717, 1.165) is 34.1 Å². The summed E-state index contributed by atoms with van der Waals surface area (Å²) in [7, 11) is 0. The van der Waals surface area contributed by atoms with E-state index in [4.69, 9.17) is 9.47 Å². The number of nitrogens with zero attached hydrogens (tertiary/aromatic N) is 1. The molecule has 9 nitrogen and oxygen atoms in total. The number of hydrogen-bond acceptors (Lipinski definition) is 6. The van der Waals surface area contributed by atoms with E-state index >= 15 is 0 Å². The first-order valence-corrected chi connectivity index (χ1v) is 16.6. The summed E-state index contributed by atoms with van der Waals surface area (Å²) < 4.78 is 13.6. The molecule has 0 unspecified atom stereocenters. The standard InChI is InChI=1S/C36H44N4O5S.HI/c1-7-40-23-46-22-28(40)20-31(33(41)37-24(2)29-19-13-17-27-16-11-12-18-30(27)29)38-34(42)32(39-35(43)45-36(4,5)6)25(3)44-21-26-14-9-8-10-15-26;/h8-19,22-25,31-32H,7,20-21H2,1-6H3,(H2-,37,38,39,41,42,43);1H/t24-,25+,31-,32-;/m0./s1. The molecule has 0 fully saturated rings. The first kappa shape index (κ1) is 37.9. The number of benzene rings is 3. The van der Waals surface area contributed by atoms with Gasteiger partial charge in [-0.05, 0) is 63.4 Å². The Balaban J connectivity index is 0.00000600. The SMILES string of the molecule is CC[n+]1cscc1C[C@H](NC(=O)[C@@H](NC(=O)OC(C)(C)C)[C@@H](C)OCc1ccccc1)C(=O)N[C@@H](C)c1cccc2ccccc12.[I-]. The number of carbonyl (C=O) groups excluding carboxylic acids is 3. The highest BCUT2D eigenvalue weighted by Gasteiger charge is 2.34. The van der Waals surface area contributed by atoms with Crippen molar-refractivity contribution in [3.05, 3.63) is 101 Å². The highest BCUT2D eigenvalue weighted by atomic mass is 127. The van der Waals surface area contributed by atoms with Crippen LogP contribution in [0.1, 0.15) is 64.4 Å². The molecule has 3 amide bonds. The number of thiazole rings is 1. The van der Waals surface area contributed by atoms with Crippen LogP contribution < -0.4 is 44.5 Å². The Hall–Kier alpha value is -3.55. The summed E-state index contributed by atoms with van der Waals surface area (Å²) in [5, 5.41) is 12.9. The molecule has 0 aliphatic carbocycles. The maximum absolute atomic E-state index is 14.0. The van der Waals surface area contributed by atoms with Crippen LogP contribution >= 0.6 is 11.3 Å². The summed E-state index contributed by atoms with van der Waals surface area (Å²) in [6.45, 7) is 11.9. The summed E-state index contributed by atoms with van der Waals surface area (Å²) in [4.78, 5) is 40.8. The normalized spacial score (nSPS) is 13.8. The molecule has 0 aliphatic rings. The van der Waals surface area contributed by atoms with Gasteiger partial charge in [-0.3, -0.25) is 9.59 Å². The fourth-order valence-electron chi connectivity index (χ4n) is 5.19. The van der Waals surface area contributed by atoms with Gasteiger partial charge < -0.3 is 49.4 Å². The van der Waals surface area contributed by atoms with E-state index in [-0.39, 0.29) is 49.0 Å². The quantitative estimate of drug-likeness (QED) is 0.143. The molecule has 0 saturated heterocycles. The number of amides is 3. The first-order chi connectivity index (χ1) is 21.9. The number of fused-ring (bicyclic) bond motifs is 1. The van der Waals surface area contributed by atoms with Gasteiger partial charge in [-0.25, -0.2) is 4.79 Å². The molecule has 252 valence electrons. The molecule has 0 bridgehead atoms. The van der Waals surface area contributed by atoms with Crippen LogP contribution in [0.4, 0.5) is 4.79 Å². The number of ether oxygens (including phenoxy) is 2. The predicted molar refractivity (Wildman–Crippen MR) is 180 cm³/mol. The number of rotatable bonds is 13. The van der Waals surface area contributed by atoms with Crippen LogP contribution in [0.15, 0.2) is 83.7 Å². The second kappa shape index (κ2) is 17.6. The first-order valence-electron chi connectivity index (χ1n) is 15.6. The van der Waals surface area contributed by atoms with E-state index in [9.17, 15) is 14.4 Å². The fourth-order valence-corrected chi connectivity index (χ4v) is 6.07. The summed E-state index contributed by atoms with van der Waals surface area (Å²) >= 11 is 1.53. The number of halogens is 1. The predicted octanol–water partition coefficient (Wildman–Crippen LogP) is 2.62. The molecule has 11 heteroatoms. The lowest BCUT2D eigenvalue weighted by Crippen LogP contribution is -3.00. The molecule has 0 spiro atoms. The van der Waals surface area contributed by atoms with Crippen molar-refractivity contribution in [2.24, 2.45) is 0 Å². The molecule has 0 saturated carbocycles. The molecule has 4 rings (SSSR count). The van der Waals surface area contributed by atoms with Crippen molar-refractivity contribution in [2.45, 2.75) is 90.9 Å². The lowest BCUT2D eigenvalue weighted by Gasteiger charge is -2.28. The van der Waals surface area contributed by atoms with E-state index in [2.05, 4.69) is 16.0 Å². The largest absolute Gasteiger partial charge is 1.00 e. The van der Waals surface area contributed by atoms with Crippen molar-refractivity contribution in [3.8, 4) is 0 Å². The van der Waals surface area contributed by atoms with Crippen LogP contribution in [-0.4, -0.2) is 41.7 Å². The van der Waals surface area contributed by atoms with Gasteiger partial charge in [0, 0.05) is 0 Å².